The number of carbonyl (C=O) groups is 1. The fraction of sp³-hybridized carbons (Fsp3) is 0.357. The summed E-state index contributed by atoms with van der Waals surface area (Å²) in [4.78, 5) is 15.4. The van der Waals surface area contributed by atoms with Gasteiger partial charge in [0.15, 0.2) is 21.3 Å². The SMILES string of the molecule is C=CCOc1ccc(C2c3c(-c4cc(C)c(C)cc4O)n[nH]c3C(=O)N2C2CCS(=O)(=O)C2)cc1OCC. The molecule has 200 valence electrons. The van der Waals surface area contributed by atoms with Crippen molar-refractivity contribution in [3.63, 3.8) is 0 Å². The highest BCUT2D eigenvalue weighted by Gasteiger charge is 2.48. The van der Waals surface area contributed by atoms with E-state index in [-0.39, 0.29) is 28.9 Å². The fourth-order valence-corrected chi connectivity index (χ4v) is 7.00. The number of nitrogens with one attached hydrogen (secondary N) is 1. The third-order valence-electron chi connectivity index (χ3n) is 7.21. The molecular formula is C28H31N3O6S. The zero-order valence-corrected chi connectivity index (χ0v) is 22.5. The third kappa shape index (κ3) is 4.42. The summed E-state index contributed by atoms with van der Waals surface area (Å²) in [7, 11) is -3.26. The van der Waals surface area contributed by atoms with Crippen LogP contribution in [0.5, 0.6) is 17.2 Å². The molecule has 0 aliphatic carbocycles. The number of rotatable bonds is 8. The molecule has 2 N–H and O–H groups in total. The van der Waals surface area contributed by atoms with Crippen LogP contribution < -0.4 is 9.47 Å². The Morgan fingerprint density at radius 1 is 1.18 bits per heavy atom. The lowest BCUT2D eigenvalue weighted by Gasteiger charge is -2.31. The Bertz CT molecular complexity index is 1530. The van der Waals surface area contributed by atoms with E-state index in [1.54, 1.807) is 23.1 Å². The van der Waals surface area contributed by atoms with E-state index in [0.717, 1.165) is 16.7 Å². The topological polar surface area (TPSA) is 122 Å². The average molecular weight is 538 g/mol. The summed E-state index contributed by atoms with van der Waals surface area (Å²) in [5.41, 5.74) is 4.46. The first-order valence-corrected chi connectivity index (χ1v) is 14.4. The summed E-state index contributed by atoms with van der Waals surface area (Å²) >= 11 is 0. The molecule has 5 rings (SSSR count). The van der Waals surface area contributed by atoms with Gasteiger partial charge in [-0.25, -0.2) is 8.42 Å². The predicted octanol–water partition coefficient (Wildman–Crippen LogP) is 4.09. The van der Waals surface area contributed by atoms with Gasteiger partial charge in [-0.15, -0.1) is 0 Å². The summed E-state index contributed by atoms with van der Waals surface area (Å²) in [6, 6.07) is 7.85. The van der Waals surface area contributed by atoms with Crippen LogP contribution in [-0.2, 0) is 9.84 Å². The van der Waals surface area contributed by atoms with E-state index >= 15 is 0 Å². The number of sulfone groups is 1. The van der Waals surface area contributed by atoms with Crippen molar-refractivity contribution >= 4 is 15.7 Å². The van der Waals surface area contributed by atoms with Crippen molar-refractivity contribution in [2.24, 2.45) is 0 Å². The largest absolute Gasteiger partial charge is 0.507 e. The smallest absolute Gasteiger partial charge is 0.273 e. The molecule has 3 aromatic rings. The van der Waals surface area contributed by atoms with Gasteiger partial charge in [0.05, 0.1) is 24.2 Å². The van der Waals surface area contributed by atoms with Crippen LogP contribution in [0, 0.1) is 13.8 Å². The third-order valence-corrected chi connectivity index (χ3v) is 8.96. The monoisotopic (exact) mass is 537 g/mol. The number of fused-ring (bicyclic) bond motifs is 1. The number of H-pyrrole nitrogens is 1. The van der Waals surface area contributed by atoms with Crippen LogP contribution >= 0.6 is 0 Å². The van der Waals surface area contributed by atoms with Crippen LogP contribution in [-0.4, -0.2) is 65.3 Å². The van der Waals surface area contributed by atoms with Gasteiger partial charge in [-0.1, -0.05) is 18.7 Å². The van der Waals surface area contributed by atoms with Gasteiger partial charge in [0.1, 0.15) is 23.7 Å². The van der Waals surface area contributed by atoms with Gasteiger partial charge in [-0.2, -0.15) is 5.10 Å². The number of aromatic hydroxyl groups is 1. The lowest BCUT2D eigenvalue weighted by atomic mass is 9.93. The highest BCUT2D eigenvalue weighted by Crippen LogP contribution is 2.48. The lowest BCUT2D eigenvalue weighted by molar-refractivity contribution is 0.0677. The first kappa shape index (κ1) is 25.8. The molecule has 0 spiro atoms. The van der Waals surface area contributed by atoms with Crippen LogP contribution in [0.2, 0.25) is 0 Å². The molecule has 2 aromatic carbocycles. The van der Waals surface area contributed by atoms with Gasteiger partial charge >= 0.3 is 0 Å². The molecular weight excluding hydrogens is 506 g/mol. The Labute approximate surface area is 222 Å². The molecule has 9 nitrogen and oxygen atoms in total. The van der Waals surface area contributed by atoms with Crippen molar-refractivity contribution in [3.05, 3.63) is 70.9 Å². The molecule has 1 fully saturated rings. The number of amides is 1. The number of hydrogen-bond acceptors (Lipinski definition) is 7. The summed E-state index contributed by atoms with van der Waals surface area (Å²) in [6.07, 6.45) is 1.99. The Morgan fingerprint density at radius 3 is 2.63 bits per heavy atom. The van der Waals surface area contributed by atoms with E-state index in [0.29, 0.717) is 48.0 Å². The second kappa shape index (κ2) is 9.83. The molecule has 2 aliphatic rings. The lowest BCUT2D eigenvalue weighted by Crippen LogP contribution is -2.40. The maximum Gasteiger partial charge on any atom is 0.273 e. The quantitative estimate of drug-likeness (QED) is 0.415. The minimum Gasteiger partial charge on any atom is -0.507 e. The zero-order valence-electron chi connectivity index (χ0n) is 21.7. The molecule has 1 amide bonds. The minimum absolute atomic E-state index is 0.0314. The summed E-state index contributed by atoms with van der Waals surface area (Å²) in [6.45, 7) is 10.1. The van der Waals surface area contributed by atoms with Crippen LogP contribution in [0.1, 0.15) is 52.1 Å². The van der Waals surface area contributed by atoms with Gasteiger partial charge < -0.3 is 19.5 Å². The number of phenols is 1. The summed E-state index contributed by atoms with van der Waals surface area (Å²) in [5.74, 6) is 0.706. The van der Waals surface area contributed by atoms with E-state index in [1.807, 2.05) is 39.0 Å². The van der Waals surface area contributed by atoms with Gasteiger partial charge in [0.2, 0.25) is 0 Å². The number of aryl methyl sites for hydroxylation is 2. The normalized spacial score (nSPS) is 20.0. The van der Waals surface area contributed by atoms with Crippen LogP contribution in [0.4, 0.5) is 0 Å². The molecule has 0 bridgehead atoms. The number of nitrogens with zero attached hydrogens (tertiary/aromatic N) is 2. The maximum absolute atomic E-state index is 13.8. The number of carbonyl (C=O) groups excluding carboxylic acids is 1. The number of benzene rings is 2. The average Bonchev–Trinajstić information content (AvgIpc) is 3.54. The van der Waals surface area contributed by atoms with Crippen LogP contribution in [0.3, 0.4) is 0 Å². The first-order chi connectivity index (χ1) is 18.1. The molecule has 2 aliphatic heterocycles. The van der Waals surface area contributed by atoms with Gasteiger partial charge in [0.25, 0.3) is 5.91 Å². The van der Waals surface area contributed by atoms with Crippen molar-refractivity contribution in [3.8, 4) is 28.5 Å². The standard InChI is InChI=1S/C28H31N3O6S/c1-5-10-37-22-8-7-18(14-23(22)36-6-2)27-24-25(20-12-16(3)17(4)13-21(20)32)29-30-26(24)28(33)31(27)19-9-11-38(34,35)15-19/h5,7-8,12-14,19,27,32H,1,6,9-11,15H2,2-4H3,(H,29,30). The van der Waals surface area contributed by atoms with E-state index in [2.05, 4.69) is 16.8 Å². The Hall–Kier alpha value is -3.79. The second-order valence-corrected chi connectivity index (χ2v) is 12.0. The molecule has 2 atom stereocenters. The second-order valence-electron chi connectivity index (χ2n) is 9.73. The van der Waals surface area contributed by atoms with Gasteiger partial charge in [-0.05, 0) is 68.1 Å². The number of aromatic amines is 1. The fourth-order valence-electron chi connectivity index (χ4n) is 5.29. The van der Waals surface area contributed by atoms with Crippen molar-refractivity contribution in [1.29, 1.82) is 0 Å². The van der Waals surface area contributed by atoms with E-state index in [1.165, 1.54) is 0 Å². The van der Waals surface area contributed by atoms with Crippen molar-refractivity contribution in [2.75, 3.05) is 24.7 Å². The maximum atomic E-state index is 13.8. The Kier molecular flexibility index (Phi) is 6.68. The number of hydrogen-bond donors (Lipinski definition) is 2. The van der Waals surface area contributed by atoms with Gasteiger partial charge in [0, 0.05) is 17.2 Å². The number of ether oxygens (including phenoxy) is 2. The minimum atomic E-state index is -3.26. The van der Waals surface area contributed by atoms with Gasteiger partial charge in [-0.3, -0.25) is 9.89 Å². The Morgan fingerprint density at radius 2 is 1.95 bits per heavy atom. The molecule has 0 radical (unpaired) electrons. The summed E-state index contributed by atoms with van der Waals surface area (Å²) < 4.78 is 36.4. The van der Waals surface area contributed by atoms with E-state index in [9.17, 15) is 18.3 Å². The molecule has 2 unspecified atom stereocenters. The molecule has 10 heteroatoms. The van der Waals surface area contributed by atoms with Crippen molar-refractivity contribution < 1.29 is 27.8 Å². The highest BCUT2D eigenvalue weighted by molar-refractivity contribution is 7.91. The van der Waals surface area contributed by atoms with Crippen LogP contribution in [0.25, 0.3) is 11.3 Å². The highest BCUT2D eigenvalue weighted by atomic mass is 32.2. The zero-order chi connectivity index (χ0) is 27.2. The molecule has 1 aromatic heterocycles. The predicted molar refractivity (Wildman–Crippen MR) is 144 cm³/mol. The first-order valence-electron chi connectivity index (χ1n) is 12.6. The van der Waals surface area contributed by atoms with Crippen LogP contribution in [0.15, 0.2) is 43.0 Å². The molecule has 38 heavy (non-hydrogen) atoms. The van der Waals surface area contributed by atoms with Crippen molar-refractivity contribution in [2.45, 2.75) is 39.3 Å². The molecule has 3 heterocycles. The number of phenolic OH excluding ortho intramolecular Hbond substituents is 1. The Balaban J connectivity index is 1.69. The molecule has 0 saturated carbocycles. The van der Waals surface area contributed by atoms with E-state index in [4.69, 9.17) is 9.47 Å². The van der Waals surface area contributed by atoms with E-state index < -0.39 is 21.9 Å². The number of aromatic nitrogens is 2. The van der Waals surface area contributed by atoms with Crippen molar-refractivity contribution in [1.82, 2.24) is 15.1 Å². The summed E-state index contributed by atoms with van der Waals surface area (Å²) in [5, 5.41) is 18.2. The molecule has 1 saturated heterocycles.